The van der Waals surface area contributed by atoms with Crippen LogP contribution in [0.5, 0.6) is 5.75 Å². The van der Waals surface area contributed by atoms with Gasteiger partial charge in [0, 0.05) is 11.5 Å². The van der Waals surface area contributed by atoms with Crippen LogP contribution in [-0.4, -0.2) is 10.0 Å². The second-order valence-electron chi connectivity index (χ2n) is 3.00. The summed E-state index contributed by atoms with van der Waals surface area (Å²) in [6.45, 7) is 5.35. The van der Waals surface area contributed by atoms with Gasteiger partial charge in [-0.25, -0.2) is 0 Å². The zero-order valence-electron chi connectivity index (χ0n) is 7.80. The lowest BCUT2D eigenvalue weighted by atomic mass is 9.99. The van der Waals surface area contributed by atoms with E-state index in [1.54, 1.807) is 25.1 Å². The van der Waals surface area contributed by atoms with Crippen LogP contribution in [0.4, 0.5) is 5.69 Å². The largest absolute Gasteiger partial charge is 0.502 e. The van der Waals surface area contributed by atoms with E-state index in [1.165, 1.54) is 6.07 Å². The van der Waals surface area contributed by atoms with Gasteiger partial charge in [-0.1, -0.05) is 25.1 Å². The van der Waals surface area contributed by atoms with Crippen molar-refractivity contribution in [2.45, 2.75) is 12.8 Å². The number of nitro groups is 1. The predicted octanol–water partition coefficient (Wildman–Crippen LogP) is 2.59. The van der Waals surface area contributed by atoms with E-state index in [4.69, 9.17) is 0 Å². The molecule has 1 atom stereocenters. The van der Waals surface area contributed by atoms with Crippen molar-refractivity contribution in [2.75, 3.05) is 0 Å². The van der Waals surface area contributed by atoms with Crippen molar-refractivity contribution in [3.05, 3.63) is 46.5 Å². The quantitative estimate of drug-likeness (QED) is 0.456. The zero-order valence-corrected chi connectivity index (χ0v) is 7.80. The molecule has 74 valence electrons. The molecular formula is C10H11NO3. The Morgan fingerprint density at radius 1 is 1.64 bits per heavy atom. The van der Waals surface area contributed by atoms with E-state index in [0.717, 1.165) is 0 Å². The summed E-state index contributed by atoms with van der Waals surface area (Å²) in [6, 6.07) is 4.50. The third kappa shape index (κ3) is 1.74. The first-order chi connectivity index (χ1) is 6.57. The minimum Gasteiger partial charge on any atom is -0.502 e. The molecule has 1 aromatic carbocycles. The summed E-state index contributed by atoms with van der Waals surface area (Å²) in [7, 11) is 0. The first-order valence-electron chi connectivity index (χ1n) is 4.16. The van der Waals surface area contributed by atoms with Crippen molar-refractivity contribution < 1.29 is 10.0 Å². The molecule has 0 aliphatic heterocycles. The third-order valence-electron chi connectivity index (χ3n) is 2.07. The molecule has 0 saturated heterocycles. The summed E-state index contributed by atoms with van der Waals surface area (Å²) in [5.74, 6) is -0.455. The fraction of sp³-hybridized carbons (Fsp3) is 0.200. The zero-order chi connectivity index (χ0) is 10.7. The molecule has 1 N–H and O–H groups in total. The highest BCUT2D eigenvalue weighted by molar-refractivity contribution is 5.53. The molecule has 0 heterocycles. The molecule has 4 nitrogen and oxygen atoms in total. The van der Waals surface area contributed by atoms with Crippen molar-refractivity contribution in [1.29, 1.82) is 0 Å². The number of para-hydroxylation sites is 1. The van der Waals surface area contributed by atoms with Gasteiger partial charge in [-0.15, -0.1) is 6.58 Å². The fourth-order valence-electron chi connectivity index (χ4n) is 1.24. The van der Waals surface area contributed by atoms with Gasteiger partial charge in [-0.05, 0) is 6.07 Å². The van der Waals surface area contributed by atoms with Gasteiger partial charge in [0.25, 0.3) is 0 Å². The van der Waals surface area contributed by atoms with E-state index in [-0.39, 0.29) is 17.4 Å². The first kappa shape index (κ1) is 10.2. The summed E-state index contributed by atoms with van der Waals surface area (Å²) in [6.07, 6.45) is 1.60. The van der Waals surface area contributed by atoms with Crippen LogP contribution in [0.25, 0.3) is 0 Å². The van der Waals surface area contributed by atoms with Gasteiger partial charge in [0.2, 0.25) is 0 Å². The lowest BCUT2D eigenvalue weighted by Gasteiger charge is -2.07. The van der Waals surface area contributed by atoms with Crippen molar-refractivity contribution in [1.82, 2.24) is 0 Å². The van der Waals surface area contributed by atoms with Gasteiger partial charge < -0.3 is 5.11 Å². The molecule has 0 radical (unpaired) electrons. The molecule has 0 bridgehead atoms. The van der Waals surface area contributed by atoms with Crippen LogP contribution in [0, 0.1) is 10.1 Å². The number of allylic oxidation sites excluding steroid dienone is 1. The van der Waals surface area contributed by atoms with Crippen molar-refractivity contribution >= 4 is 5.69 Å². The molecule has 4 heteroatoms. The van der Waals surface area contributed by atoms with Crippen molar-refractivity contribution in [2.24, 2.45) is 0 Å². The molecule has 0 aliphatic carbocycles. The molecule has 1 rings (SSSR count). The van der Waals surface area contributed by atoms with Crippen LogP contribution in [0.3, 0.4) is 0 Å². The number of rotatable bonds is 3. The molecule has 0 amide bonds. The minimum absolute atomic E-state index is 0.150. The molecule has 0 saturated carbocycles. The lowest BCUT2D eigenvalue weighted by molar-refractivity contribution is -0.386. The van der Waals surface area contributed by atoms with Gasteiger partial charge in [0.05, 0.1) is 4.92 Å². The Morgan fingerprint density at radius 3 is 2.79 bits per heavy atom. The summed E-state index contributed by atoms with van der Waals surface area (Å²) in [5.41, 5.74) is 0.241. The van der Waals surface area contributed by atoms with Gasteiger partial charge in [-0.3, -0.25) is 10.1 Å². The standard InChI is InChI=1S/C10H11NO3/c1-3-7(2)8-5-4-6-9(12)10(8)11(13)14/h3-7,12H,1H2,2H3. The maximum atomic E-state index is 10.7. The topological polar surface area (TPSA) is 63.4 Å². The van der Waals surface area contributed by atoms with Crippen LogP contribution >= 0.6 is 0 Å². The fourth-order valence-corrected chi connectivity index (χ4v) is 1.24. The van der Waals surface area contributed by atoms with Crippen molar-refractivity contribution in [3.63, 3.8) is 0 Å². The number of nitro benzene ring substituents is 1. The number of phenols is 1. The number of aromatic hydroxyl groups is 1. The highest BCUT2D eigenvalue weighted by atomic mass is 16.6. The molecule has 14 heavy (non-hydrogen) atoms. The normalized spacial score (nSPS) is 12.1. The summed E-state index contributed by atoms with van der Waals surface area (Å²) in [5, 5.41) is 20.0. The molecule has 0 spiro atoms. The monoisotopic (exact) mass is 193 g/mol. The number of benzene rings is 1. The van der Waals surface area contributed by atoms with Gasteiger partial charge >= 0.3 is 5.69 Å². The Bertz CT molecular complexity index is 374. The molecule has 0 fully saturated rings. The summed E-state index contributed by atoms with van der Waals surface area (Å²) in [4.78, 5) is 10.1. The number of phenolic OH excluding ortho intramolecular Hbond substituents is 1. The van der Waals surface area contributed by atoms with Crippen LogP contribution < -0.4 is 0 Å². The molecule has 1 aromatic rings. The van der Waals surface area contributed by atoms with E-state index in [1.807, 2.05) is 0 Å². The highest BCUT2D eigenvalue weighted by Crippen LogP contribution is 2.34. The van der Waals surface area contributed by atoms with Gasteiger partial charge in [0.15, 0.2) is 5.75 Å². The lowest BCUT2D eigenvalue weighted by Crippen LogP contribution is -1.97. The Hall–Kier alpha value is -1.84. The van der Waals surface area contributed by atoms with Crippen LogP contribution in [0.15, 0.2) is 30.9 Å². The van der Waals surface area contributed by atoms with Crippen LogP contribution in [-0.2, 0) is 0 Å². The van der Waals surface area contributed by atoms with Crippen molar-refractivity contribution in [3.8, 4) is 5.75 Å². The SMILES string of the molecule is C=CC(C)c1cccc(O)c1[N+](=O)[O-]. The second kappa shape index (κ2) is 3.91. The minimum atomic E-state index is -0.579. The Balaban J connectivity index is 3.35. The molecular weight excluding hydrogens is 182 g/mol. The number of hydrogen-bond acceptors (Lipinski definition) is 3. The summed E-state index contributed by atoms with van der Waals surface area (Å²) < 4.78 is 0. The van der Waals surface area contributed by atoms with Gasteiger partial charge in [-0.2, -0.15) is 0 Å². The van der Waals surface area contributed by atoms with E-state index < -0.39 is 4.92 Å². The van der Waals surface area contributed by atoms with E-state index >= 15 is 0 Å². The van der Waals surface area contributed by atoms with Gasteiger partial charge in [0.1, 0.15) is 0 Å². The second-order valence-corrected chi connectivity index (χ2v) is 3.00. The molecule has 1 unspecified atom stereocenters. The predicted molar refractivity (Wildman–Crippen MR) is 53.4 cm³/mol. The average Bonchev–Trinajstić information content (AvgIpc) is 2.15. The highest BCUT2D eigenvalue weighted by Gasteiger charge is 2.21. The molecule has 0 aromatic heterocycles. The van der Waals surface area contributed by atoms with Crippen LogP contribution in [0.2, 0.25) is 0 Å². The van der Waals surface area contributed by atoms with E-state index in [2.05, 4.69) is 6.58 Å². The smallest absolute Gasteiger partial charge is 0.314 e. The van der Waals surface area contributed by atoms with E-state index in [0.29, 0.717) is 5.56 Å². The first-order valence-corrected chi connectivity index (χ1v) is 4.16. The average molecular weight is 193 g/mol. The Labute approximate surface area is 81.6 Å². The third-order valence-corrected chi connectivity index (χ3v) is 2.07. The maximum absolute atomic E-state index is 10.7. The Morgan fingerprint density at radius 2 is 2.29 bits per heavy atom. The Kier molecular flexibility index (Phi) is 2.86. The number of nitrogens with zero attached hydrogens (tertiary/aromatic N) is 1. The van der Waals surface area contributed by atoms with Crippen LogP contribution in [0.1, 0.15) is 18.4 Å². The molecule has 0 aliphatic rings. The van der Waals surface area contributed by atoms with E-state index in [9.17, 15) is 15.2 Å². The number of hydrogen-bond donors (Lipinski definition) is 1. The summed E-state index contributed by atoms with van der Waals surface area (Å²) >= 11 is 0. The maximum Gasteiger partial charge on any atom is 0.314 e.